The van der Waals surface area contributed by atoms with Crippen LogP contribution in [0.5, 0.6) is 5.75 Å². The van der Waals surface area contributed by atoms with Crippen LogP contribution in [0.2, 0.25) is 0 Å². The molecule has 1 aliphatic rings. The Kier molecular flexibility index (Phi) is 9.05. The third-order valence-electron chi connectivity index (χ3n) is 6.43. The molecule has 0 saturated carbocycles. The number of Topliss-reactive ketones (excluding diaryl/α,β-unsaturated/α-hetero) is 1. The zero-order valence-corrected chi connectivity index (χ0v) is 22.7. The van der Waals surface area contributed by atoms with Crippen molar-refractivity contribution < 1.29 is 28.7 Å². The van der Waals surface area contributed by atoms with Crippen LogP contribution in [0.4, 0.5) is 9.93 Å². The Morgan fingerprint density at radius 1 is 1.10 bits per heavy atom. The highest BCUT2D eigenvalue weighted by atomic mass is 32.1. The van der Waals surface area contributed by atoms with Crippen molar-refractivity contribution in [3.05, 3.63) is 76.8 Å². The molecule has 1 aliphatic heterocycles. The molecule has 4 rings (SSSR count). The van der Waals surface area contributed by atoms with Gasteiger partial charge in [0.1, 0.15) is 30.1 Å². The molecule has 1 unspecified atom stereocenters. The number of aromatic nitrogens is 1. The lowest BCUT2D eigenvalue weighted by Crippen LogP contribution is -2.50. The fourth-order valence-corrected chi connectivity index (χ4v) is 5.03. The molecule has 1 fully saturated rings. The minimum Gasteiger partial charge on any atom is -0.491 e. The number of ether oxygens (including phenoxy) is 2. The van der Waals surface area contributed by atoms with Gasteiger partial charge in [0.25, 0.3) is 5.91 Å². The number of carbonyl (C=O) groups is 4. The molecule has 0 bridgehead atoms. The summed E-state index contributed by atoms with van der Waals surface area (Å²) < 4.78 is 10.6. The number of thiazole rings is 1. The monoisotopic (exact) mass is 550 g/mol. The fraction of sp³-hybridized carbons (Fsp3) is 0.321. The SMILES string of the molecule is CCC(=O)c1csc(NC(=O)[C@H]([C@@H](C)c2ccccc2)N2C(=O)NC(c3ccc(OCCOC)cc3)C2=O)n1. The molecule has 10 nitrogen and oxygen atoms in total. The van der Waals surface area contributed by atoms with Gasteiger partial charge in [0, 0.05) is 24.8 Å². The first-order valence-corrected chi connectivity index (χ1v) is 13.4. The smallest absolute Gasteiger partial charge is 0.325 e. The van der Waals surface area contributed by atoms with E-state index in [9.17, 15) is 19.2 Å². The number of hydrogen-bond donors (Lipinski definition) is 2. The van der Waals surface area contributed by atoms with E-state index in [4.69, 9.17) is 9.47 Å². The first-order valence-electron chi connectivity index (χ1n) is 12.5. The summed E-state index contributed by atoms with van der Waals surface area (Å²) in [6, 6.07) is 13.2. The highest BCUT2D eigenvalue weighted by molar-refractivity contribution is 7.14. The maximum Gasteiger partial charge on any atom is 0.325 e. The molecule has 3 aromatic rings. The van der Waals surface area contributed by atoms with E-state index in [1.165, 1.54) is 0 Å². The minimum atomic E-state index is -1.17. The summed E-state index contributed by atoms with van der Waals surface area (Å²) in [5.41, 5.74) is 1.60. The number of urea groups is 1. The molecule has 2 aromatic carbocycles. The van der Waals surface area contributed by atoms with Gasteiger partial charge in [-0.3, -0.25) is 14.4 Å². The van der Waals surface area contributed by atoms with Crippen molar-refractivity contribution in [1.82, 2.24) is 15.2 Å². The van der Waals surface area contributed by atoms with Crippen molar-refractivity contribution >= 4 is 40.1 Å². The molecule has 39 heavy (non-hydrogen) atoms. The van der Waals surface area contributed by atoms with E-state index in [-0.39, 0.29) is 23.0 Å². The van der Waals surface area contributed by atoms with Gasteiger partial charge in [-0.25, -0.2) is 14.7 Å². The molecule has 3 atom stereocenters. The molecular weight excluding hydrogens is 520 g/mol. The molecule has 1 saturated heterocycles. The van der Waals surface area contributed by atoms with E-state index < -0.39 is 35.8 Å². The van der Waals surface area contributed by atoms with Gasteiger partial charge in [0.15, 0.2) is 10.9 Å². The summed E-state index contributed by atoms with van der Waals surface area (Å²) in [6.07, 6.45) is 0.287. The van der Waals surface area contributed by atoms with Gasteiger partial charge in [-0.2, -0.15) is 0 Å². The summed E-state index contributed by atoms with van der Waals surface area (Å²) in [4.78, 5) is 57.7. The van der Waals surface area contributed by atoms with Gasteiger partial charge >= 0.3 is 6.03 Å². The Labute approximate surface area is 230 Å². The number of benzene rings is 2. The van der Waals surface area contributed by atoms with Crippen LogP contribution >= 0.6 is 11.3 Å². The molecule has 4 amide bonds. The van der Waals surface area contributed by atoms with Crippen LogP contribution in [0.1, 0.15) is 53.8 Å². The Morgan fingerprint density at radius 2 is 1.82 bits per heavy atom. The van der Waals surface area contributed by atoms with E-state index in [0.29, 0.717) is 24.5 Å². The highest BCUT2D eigenvalue weighted by Crippen LogP contribution is 2.32. The van der Waals surface area contributed by atoms with E-state index in [2.05, 4.69) is 15.6 Å². The zero-order chi connectivity index (χ0) is 27.9. The molecule has 0 radical (unpaired) electrons. The Bertz CT molecular complexity index is 1330. The van der Waals surface area contributed by atoms with Crippen molar-refractivity contribution in [1.29, 1.82) is 0 Å². The summed E-state index contributed by atoms with van der Waals surface area (Å²) in [6.45, 7) is 4.33. The standard InChI is InChI=1S/C28H30N4O6S/c1-4-22(33)21-16-39-27(29-21)31-25(34)24(17(2)18-8-6-5-7-9-18)32-26(35)23(30-28(32)36)19-10-12-20(13-11-19)38-15-14-37-3/h5-13,16-17,23-24H,4,14-15H2,1-3H3,(H,30,36)(H,29,31,34)/t17-,23?,24-/m0/s1. The van der Waals surface area contributed by atoms with Crippen molar-refractivity contribution in [3.63, 3.8) is 0 Å². The van der Waals surface area contributed by atoms with Crippen LogP contribution in [-0.2, 0) is 14.3 Å². The number of anilines is 1. The summed E-state index contributed by atoms with van der Waals surface area (Å²) in [7, 11) is 1.58. The highest BCUT2D eigenvalue weighted by Gasteiger charge is 2.47. The molecule has 2 heterocycles. The van der Waals surface area contributed by atoms with Gasteiger partial charge in [-0.1, -0.05) is 56.3 Å². The second-order valence-corrected chi connectivity index (χ2v) is 9.81. The Hall–Kier alpha value is -4.09. The average molecular weight is 551 g/mol. The van der Waals surface area contributed by atoms with Gasteiger partial charge in [0.2, 0.25) is 5.91 Å². The van der Waals surface area contributed by atoms with Crippen LogP contribution in [0.25, 0.3) is 0 Å². The first kappa shape index (κ1) is 27.9. The van der Waals surface area contributed by atoms with Crippen molar-refractivity contribution in [3.8, 4) is 5.75 Å². The molecule has 11 heteroatoms. The number of imide groups is 1. The lowest BCUT2D eigenvalue weighted by Gasteiger charge is -2.29. The summed E-state index contributed by atoms with van der Waals surface area (Å²) in [5, 5.41) is 7.22. The average Bonchev–Trinajstić information content (AvgIpc) is 3.53. The number of amides is 4. The van der Waals surface area contributed by atoms with E-state index >= 15 is 0 Å². The predicted octanol–water partition coefficient (Wildman–Crippen LogP) is 4.16. The molecule has 0 spiro atoms. The topological polar surface area (TPSA) is 127 Å². The third-order valence-corrected chi connectivity index (χ3v) is 7.19. The normalized spacial score (nSPS) is 16.5. The molecule has 1 aromatic heterocycles. The quantitative estimate of drug-likeness (QED) is 0.197. The number of nitrogens with zero attached hydrogens (tertiary/aromatic N) is 2. The maximum atomic E-state index is 13.6. The molecule has 204 valence electrons. The van der Waals surface area contributed by atoms with E-state index in [0.717, 1.165) is 21.8 Å². The van der Waals surface area contributed by atoms with Crippen LogP contribution < -0.4 is 15.4 Å². The lowest BCUT2D eigenvalue weighted by molar-refractivity contribution is -0.134. The molecule has 0 aliphatic carbocycles. The number of hydrogen-bond acceptors (Lipinski definition) is 8. The summed E-state index contributed by atoms with van der Waals surface area (Å²) >= 11 is 1.11. The van der Waals surface area contributed by atoms with Gasteiger partial charge in [-0.15, -0.1) is 11.3 Å². The van der Waals surface area contributed by atoms with E-state index in [1.807, 2.05) is 30.3 Å². The third kappa shape index (κ3) is 6.32. The van der Waals surface area contributed by atoms with Gasteiger partial charge < -0.3 is 20.1 Å². The zero-order valence-electron chi connectivity index (χ0n) is 21.9. The van der Waals surface area contributed by atoms with Crippen molar-refractivity contribution in [2.24, 2.45) is 0 Å². The Balaban J connectivity index is 1.59. The number of carbonyl (C=O) groups excluding carboxylic acids is 4. The largest absolute Gasteiger partial charge is 0.491 e. The van der Waals surface area contributed by atoms with Gasteiger partial charge in [0.05, 0.1) is 6.61 Å². The first-order chi connectivity index (χ1) is 18.8. The van der Waals surface area contributed by atoms with Crippen LogP contribution in [0.3, 0.4) is 0 Å². The molecular formula is C28H30N4O6S. The van der Waals surface area contributed by atoms with E-state index in [1.54, 1.807) is 50.6 Å². The summed E-state index contributed by atoms with van der Waals surface area (Å²) in [5.74, 6) is -1.20. The van der Waals surface area contributed by atoms with Crippen LogP contribution in [-0.4, -0.2) is 59.9 Å². The number of ketones is 1. The number of rotatable bonds is 12. The second-order valence-electron chi connectivity index (χ2n) is 8.95. The predicted molar refractivity (Wildman–Crippen MR) is 146 cm³/mol. The van der Waals surface area contributed by atoms with Crippen LogP contribution in [0, 0.1) is 0 Å². The Morgan fingerprint density at radius 3 is 2.49 bits per heavy atom. The fourth-order valence-electron chi connectivity index (χ4n) is 4.31. The van der Waals surface area contributed by atoms with Crippen LogP contribution in [0.15, 0.2) is 60.0 Å². The van der Waals surface area contributed by atoms with Gasteiger partial charge in [-0.05, 0) is 23.3 Å². The van der Waals surface area contributed by atoms with Crippen molar-refractivity contribution in [2.45, 2.75) is 38.3 Å². The number of methoxy groups -OCH3 is 1. The van der Waals surface area contributed by atoms with Crippen molar-refractivity contribution in [2.75, 3.05) is 25.6 Å². The lowest BCUT2D eigenvalue weighted by atomic mass is 9.91. The minimum absolute atomic E-state index is 0.145. The maximum absolute atomic E-state index is 13.6. The molecule has 2 N–H and O–H groups in total. The number of nitrogens with one attached hydrogen (secondary N) is 2. The second kappa shape index (κ2) is 12.6.